The lowest BCUT2D eigenvalue weighted by atomic mass is 10.1. The zero-order valence-corrected chi connectivity index (χ0v) is 11.1. The lowest BCUT2D eigenvalue weighted by Gasteiger charge is -2.10. The molecule has 0 N–H and O–H groups in total. The molecule has 0 radical (unpaired) electrons. The smallest absolute Gasteiger partial charge is 0.0392 e. The predicted molar refractivity (Wildman–Crippen MR) is 66.4 cm³/mol. The van der Waals surface area contributed by atoms with Crippen LogP contribution in [-0.4, -0.2) is 8.80 Å². The van der Waals surface area contributed by atoms with Gasteiger partial charge >= 0.3 is 0 Å². The quantitative estimate of drug-likeness (QED) is 0.565. The number of rotatable bonds is 4. The Morgan fingerprint density at radius 3 is 2.38 bits per heavy atom. The number of halogens is 1. The standard InChI is InChI=1S/C11H17BrSi/c1-13(2)9-8-11(12)10-6-4-3-5-7-10/h3-7,11,13H,8-9H2,1-2H3. The third-order valence-electron chi connectivity index (χ3n) is 2.16. The van der Waals surface area contributed by atoms with E-state index in [1.807, 2.05) is 0 Å². The molecule has 1 aromatic carbocycles. The molecule has 2 heteroatoms. The fourth-order valence-corrected chi connectivity index (χ4v) is 3.37. The highest BCUT2D eigenvalue weighted by Crippen LogP contribution is 2.28. The van der Waals surface area contributed by atoms with Gasteiger partial charge in [0.05, 0.1) is 0 Å². The van der Waals surface area contributed by atoms with Crippen LogP contribution in [0.1, 0.15) is 16.8 Å². The molecule has 0 aliphatic rings. The molecule has 0 amide bonds. The summed E-state index contributed by atoms with van der Waals surface area (Å²) in [7, 11) is -0.380. The lowest BCUT2D eigenvalue weighted by molar-refractivity contribution is 0.899. The van der Waals surface area contributed by atoms with E-state index in [9.17, 15) is 0 Å². The van der Waals surface area contributed by atoms with Crippen LogP contribution in [0.3, 0.4) is 0 Å². The van der Waals surface area contributed by atoms with Gasteiger partial charge in [0.25, 0.3) is 0 Å². The molecule has 0 saturated carbocycles. The van der Waals surface area contributed by atoms with E-state index in [2.05, 4.69) is 59.4 Å². The Morgan fingerprint density at radius 2 is 1.85 bits per heavy atom. The highest BCUT2D eigenvalue weighted by atomic mass is 79.9. The Bertz CT molecular complexity index is 233. The molecule has 0 aliphatic heterocycles. The molecule has 0 aliphatic carbocycles. The van der Waals surface area contributed by atoms with Gasteiger partial charge in [-0.05, 0) is 12.0 Å². The summed E-state index contributed by atoms with van der Waals surface area (Å²) in [6, 6.07) is 12.1. The second-order valence-electron chi connectivity index (χ2n) is 3.85. The predicted octanol–water partition coefficient (Wildman–Crippen LogP) is 4.00. The van der Waals surface area contributed by atoms with Crippen LogP contribution in [0.4, 0.5) is 0 Å². The second kappa shape index (κ2) is 5.61. The van der Waals surface area contributed by atoms with Crippen LogP contribution in [-0.2, 0) is 0 Å². The average molecular weight is 257 g/mol. The highest BCUT2D eigenvalue weighted by molar-refractivity contribution is 9.09. The number of alkyl halides is 1. The minimum Gasteiger partial charge on any atom is -0.0839 e. The zero-order chi connectivity index (χ0) is 9.68. The monoisotopic (exact) mass is 256 g/mol. The largest absolute Gasteiger partial charge is 0.0839 e. The van der Waals surface area contributed by atoms with Gasteiger partial charge in [-0.3, -0.25) is 0 Å². The van der Waals surface area contributed by atoms with Crippen molar-refractivity contribution in [2.45, 2.75) is 30.4 Å². The van der Waals surface area contributed by atoms with Crippen molar-refractivity contribution in [3.63, 3.8) is 0 Å². The van der Waals surface area contributed by atoms with Crippen LogP contribution < -0.4 is 0 Å². The highest BCUT2D eigenvalue weighted by Gasteiger charge is 2.07. The van der Waals surface area contributed by atoms with Crippen LogP contribution in [0.25, 0.3) is 0 Å². The van der Waals surface area contributed by atoms with Gasteiger partial charge in [-0.25, -0.2) is 0 Å². The van der Waals surface area contributed by atoms with Gasteiger partial charge in [0, 0.05) is 13.6 Å². The molecular weight excluding hydrogens is 240 g/mol. The summed E-state index contributed by atoms with van der Waals surface area (Å²) in [6.45, 7) is 4.81. The number of hydrogen-bond donors (Lipinski definition) is 0. The molecule has 1 atom stereocenters. The fourth-order valence-electron chi connectivity index (χ4n) is 1.31. The summed E-state index contributed by atoms with van der Waals surface area (Å²) in [5.41, 5.74) is 1.41. The molecule has 72 valence electrons. The Kier molecular flexibility index (Phi) is 4.74. The van der Waals surface area contributed by atoms with Crippen LogP contribution in [0, 0.1) is 0 Å². The van der Waals surface area contributed by atoms with Gasteiger partial charge in [0.1, 0.15) is 0 Å². The first-order chi connectivity index (χ1) is 6.20. The molecule has 1 aromatic rings. The number of hydrogen-bond acceptors (Lipinski definition) is 0. The second-order valence-corrected chi connectivity index (χ2v) is 8.32. The SMILES string of the molecule is C[SiH](C)CCC(Br)c1ccccc1. The first-order valence-electron chi connectivity index (χ1n) is 4.89. The zero-order valence-electron chi connectivity index (χ0n) is 8.33. The van der Waals surface area contributed by atoms with E-state index in [1.54, 1.807) is 0 Å². The minimum absolute atomic E-state index is 0.380. The number of benzene rings is 1. The van der Waals surface area contributed by atoms with Crippen LogP contribution >= 0.6 is 15.9 Å². The van der Waals surface area contributed by atoms with Crippen molar-refractivity contribution >= 4 is 24.7 Å². The summed E-state index contributed by atoms with van der Waals surface area (Å²) in [5, 5.41) is 0. The van der Waals surface area contributed by atoms with Crippen LogP contribution in [0.5, 0.6) is 0 Å². The third-order valence-corrected chi connectivity index (χ3v) is 4.63. The van der Waals surface area contributed by atoms with E-state index in [0.717, 1.165) is 0 Å². The average Bonchev–Trinajstić information content (AvgIpc) is 2.15. The van der Waals surface area contributed by atoms with Crippen molar-refractivity contribution in [2.75, 3.05) is 0 Å². The first kappa shape index (κ1) is 11.0. The molecule has 0 heterocycles. The van der Waals surface area contributed by atoms with Gasteiger partial charge in [0.2, 0.25) is 0 Å². The lowest BCUT2D eigenvalue weighted by Crippen LogP contribution is -2.00. The van der Waals surface area contributed by atoms with E-state index >= 15 is 0 Å². The van der Waals surface area contributed by atoms with Crippen molar-refractivity contribution in [3.8, 4) is 0 Å². The summed E-state index contributed by atoms with van der Waals surface area (Å²) in [4.78, 5) is 0.559. The topological polar surface area (TPSA) is 0 Å². The van der Waals surface area contributed by atoms with E-state index in [-0.39, 0.29) is 8.80 Å². The maximum atomic E-state index is 3.74. The Labute approximate surface area is 91.1 Å². The molecule has 13 heavy (non-hydrogen) atoms. The Morgan fingerprint density at radius 1 is 1.23 bits per heavy atom. The molecule has 1 unspecified atom stereocenters. The summed E-state index contributed by atoms with van der Waals surface area (Å²) >= 11 is 3.74. The van der Waals surface area contributed by atoms with Crippen LogP contribution in [0.2, 0.25) is 19.1 Å². The van der Waals surface area contributed by atoms with Crippen molar-refractivity contribution < 1.29 is 0 Å². The van der Waals surface area contributed by atoms with Gasteiger partial charge in [-0.2, -0.15) is 0 Å². The van der Waals surface area contributed by atoms with E-state index in [1.165, 1.54) is 18.0 Å². The van der Waals surface area contributed by atoms with Gasteiger partial charge < -0.3 is 0 Å². The van der Waals surface area contributed by atoms with E-state index < -0.39 is 0 Å². The summed E-state index contributed by atoms with van der Waals surface area (Å²) < 4.78 is 0. The van der Waals surface area contributed by atoms with Gasteiger partial charge in [-0.15, -0.1) is 0 Å². The minimum atomic E-state index is -0.380. The molecule has 0 fully saturated rings. The van der Waals surface area contributed by atoms with Gasteiger partial charge in [-0.1, -0.05) is 65.4 Å². The Balaban J connectivity index is 2.44. The maximum Gasteiger partial charge on any atom is 0.0392 e. The molecule has 1 rings (SSSR count). The van der Waals surface area contributed by atoms with Gasteiger partial charge in [0.15, 0.2) is 0 Å². The molecule has 0 bridgehead atoms. The molecular formula is C11H17BrSi. The summed E-state index contributed by atoms with van der Waals surface area (Å²) in [5.74, 6) is 0. The van der Waals surface area contributed by atoms with Crippen molar-refractivity contribution in [1.29, 1.82) is 0 Å². The van der Waals surface area contributed by atoms with Crippen molar-refractivity contribution in [2.24, 2.45) is 0 Å². The van der Waals surface area contributed by atoms with E-state index in [0.29, 0.717) is 4.83 Å². The fraction of sp³-hybridized carbons (Fsp3) is 0.455. The Hall–Kier alpha value is -0.0831. The third kappa shape index (κ3) is 4.10. The van der Waals surface area contributed by atoms with Crippen LogP contribution in [0.15, 0.2) is 30.3 Å². The van der Waals surface area contributed by atoms with Crippen molar-refractivity contribution in [3.05, 3.63) is 35.9 Å². The van der Waals surface area contributed by atoms with Crippen molar-refractivity contribution in [1.82, 2.24) is 0 Å². The molecule has 0 spiro atoms. The summed E-state index contributed by atoms with van der Waals surface area (Å²) in [6.07, 6.45) is 1.29. The molecule has 0 aromatic heterocycles. The van der Waals surface area contributed by atoms with E-state index in [4.69, 9.17) is 0 Å². The normalized spacial score (nSPS) is 13.2. The molecule has 0 saturated heterocycles. The first-order valence-corrected chi connectivity index (χ1v) is 8.93. The maximum absolute atomic E-state index is 3.74. The molecule has 0 nitrogen and oxygen atoms in total.